The molecule has 1 fully saturated rings. The van der Waals surface area contributed by atoms with Crippen LogP contribution in [-0.2, 0) is 4.74 Å². The van der Waals surface area contributed by atoms with Gasteiger partial charge in [0.2, 0.25) is 0 Å². The normalized spacial score (nSPS) is 18.6. The number of hydrogen-bond donors (Lipinski definition) is 1. The van der Waals surface area contributed by atoms with Gasteiger partial charge in [0.15, 0.2) is 0 Å². The second-order valence-electron chi connectivity index (χ2n) is 4.34. The first-order valence-corrected chi connectivity index (χ1v) is 6.37. The summed E-state index contributed by atoms with van der Waals surface area (Å²) in [6.45, 7) is 4.12. The number of nitrogens with one attached hydrogen (secondary N) is 1. The third kappa shape index (κ3) is 3.43. The van der Waals surface area contributed by atoms with Gasteiger partial charge < -0.3 is 15.0 Å². The Morgan fingerprint density at radius 3 is 2.94 bits per heavy atom. The molecule has 2 amide bonds. The molecule has 1 aromatic heterocycles. The molecule has 1 atom stereocenters. The van der Waals surface area contributed by atoms with Crippen molar-refractivity contribution in [2.24, 2.45) is 0 Å². The van der Waals surface area contributed by atoms with Crippen molar-refractivity contribution in [1.82, 2.24) is 9.88 Å². The van der Waals surface area contributed by atoms with E-state index in [4.69, 9.17) is 4.74 Å². The lowest BCUT2D eigenvalue weighted by Gasteiger charge is -2.24. The van der Waals surface area contributed by atoms with E-state index >= 15 is 0 Å². The second-order valence-corrected chi connectivity index (χ2v) is 4.34. The first-order chi connectivity index (χ1) is 8.79. The van der Waals surface area contributed by atoms with E-state index in [-0.39, 0.29) is 12.1 Å². The molecule has 0 saturated carbocycles. The number of urea groups is 1. The van der Waals surface area contributed by atoms with E-state index in [1.807, 2.05) is 6.92 Å². The Morgan fingerprint density at radius 2 is 2.33 bits per heavy atom. The molecular formula is C13H19N3O2. The molecule has 1 unspecified atom stereocenters. The fraction of sp³-hybridized carbons (Fsp3) is 0.538. The minimum absolute atomic E-state index is 0.0841. The van der Waals surface area contributed by atoms with E-state index in [0.29, 0.717) is 13.1 Å². The summed E-state index contributed by atoms with van der Waals surface area (Å²) in [5.41, 5.74) is 0.765. The quantitative estimate of drug-likeness (QED) is 0.889. The molecule has 0 aliphatic carbocycles. The van der Waals surface area contributed by atoms with E-state index in [9.17, 15) is 4.79 Å². The zero-order chi connectivity index (χ0) is 12.8. The predicted molar refractivity (Wildman–Crippen MR) is 69.5 cm³/mol. The zero-order valence-electron chi connectivity index (χ0n) is 10.6. The lowest BCUT2D eigenvalue weighted by Crippen LogP contribution is -2.39. The maximum Gasteiger partial charge on any atom is 0.321 e. The van der Waals surface area contributed by atoms with Gasteiger partial charge >= 0.3 is 6.03 Å². The molecule has 1 saturated heterocycles. The fourth-order valence-electron chi connectivity index (χ4n) is 2.03. The van der Waals surface area contributed by atoms with E-state index in [0.717, 1.165) is 25.1 Å². The standard InChI is InChI=1S/C13H19N3O2/c1-2-16(10-12-4-3-9-18-12)13(17)15-11-5-7-14-8-6-11/h5-8,12H,2-4,9-10H2,1H3,(H,14,15,17). The summed E-state index contributed by atoms with van der Waals surface area (Å²) in [4.78, 5) is 17.8. The molecule has 0 spiro atoms. The molecule has 5 heteroatoms. The highest BCUT2D eigenvalue weighted by Crippen LogP contribution is 2.14. The molecule has 0 radical (unpaired) electrons. The molecule has 98 valence electrons. The van der Waals surface area contributed by atoms with Crippen molar-refractivity contribution in [1.29, 1.82) is 0 Å². The first kappa shape index (κ1) is 12.8. The van der Waals surface area contributed by atoms with E-state index in [1.165, 1.54) is 0 Å². The van der Waals surface area contributed by atoms with Crippen LogP contribution in [0.1, 0.15) is 19.8 Å². The van der Waals surface area contributed by atoms with Gasteiger partial charge in [-0.3, -0.25) is 4.98 Å². The topological polar surface area (TPSA) is 54.5 Å². The highest BCUT2D eigenvalue weighted by atomic mass is 16.5. The molecule has 1 aliphatic heterocycles. The Bertz CT molecular complexity index is 377. The second kappa shape index (κ2) is 6.35. The summed E-state index contributed by atoms with van der Waals surface area (Å²) >= 11 is 0. The van der Waals surface area contributed by atoms with Gasteiger partial charge in [0.05, 0.1) is 6.10 Å². The fourth-order valence-corrected chi connectivity index (χ4v) is 2.03. The number of amides is 2. The minimum Gasteiger partial charge on any atom is -0.376 e. The number of nitrogens with zero attached hydrogens (tertiary/aromatic N) is 2. The highest BCUT2D eigenvalue weighted by molar-refractivity contribution is 5.89. The number of carbonyl (C=O) groups excluding carboxylic acids is 1. The lowest BCUT2D eigenvalue weighted by molar-refractivity contribution is 0.0849. The number of carbonyl (C=O) groups is 1. The predicted octanol–water partition coefficient (Wildman–Crippen LogP) is 2.11. The van der Waals surface area contributed by atoms with E-state index in [2.05, 4.69) is 10.3 Å². The van der Waals surface area contributed by atoms with Crippen LogP contribution in [0.4, 0.5) is 10.5 Å². The largest absolute Gasteiger partial charge is 0.376 e. The molecule has 18 heavy (non-hydrogen) atoms. The van der Waals surface area contributed by atoms with Gasteiger partial charge in [-0.15, -0.1) is 0 Å². The van der Waals surface area contributed by atoms with Crippen molar-refractivity contribution in [2.45, 2.75) is 25.9 Å². The number of ether oxygens (including phenoxy) is 1. The molecule has 0 bridgehead atoms. The van der Waals surface area contributed by atoms with Gasteiger partial charge in [0, 0.05) is 37.8 Å². The van der Waals surface area contributed by atoms with Crippen molar-refractivity contribution >= 4 is 11.7 Å². The van der Waals surface area contributed by atoms with Gasteiger partial charge in [-0.25, -0.2) is 4.79 Å². The average molecular weight is 249 g/mol. The van der Waals surface area contributed by atoms with Gasteiger partial charge in [0.1, 0.15) is 0 Å². The molecule has 5 nitrogen and oxygen atoms in total. The van der Waals surface area contributed by atoms with E-state index in [1.54, 1.807) is 29.4 Å². The number of aromatic nitrogens is 1. The SMILES string of the molecule is CCN(CC1CCCO1)C(=O)Nc1ccncc1. The molecule has 2 heterocycles. The van der Waals surface area contributed by atoms with Crippen molar-refractivity contribution in [3.63, 3.8) is 0 Å². The maximum atomic E-state index is 12.1. The third-order valence-electron chi connectivity index (χ3n) is 3.05. The van der Waals surface area contributed by atoms with Crippen LogP contribution in [0.5, 0.6) is 0 Å². The number of pyridine rings is 1. The molecule has 0 aromatic carbocycles. The number of rotatable bonds is 4. The van der Waals surface area contributed by atoms with Crippen LogP contribution in [0, 0.1) is 0 Å². The van der Waals surface area contributed by atoms with Crippen LogP contribution in [0.25, 0.3) is 0 Å². The Hall–Kier alpha value is -1.62. The monoisotopic (exact) mass is 249 g/mol. The van der Waals surface area contributed by atoms with Crippen molar-refractivity contribution in [3.8, 4) is 0 Å². The third-order valence-corrected chi connectivity index (χ3v) is 3.05. The van der Waals surface area contributed by atoms with Crippen molar-refractivity contribution in [2.75, 3.05) is 25.0 Å². The van der Waals surface area contributed by atoms with Crippen LogP contribution in [0.15, 0.2) is 24.5 Å². The molecule has 1 N–H and O–H groups in total. The van der Waals surface area contributed by atoms with Crippen LogP contribution >= 0.6 is 0 Å². The number of likely N-dealkylation sites (N-methyl/N-ethyl adjacent to an activating group) is 1. The van der Waals surface area contributed by atoms with Crippen molar-refractivity contribution < 1.29 is 9.53 Å². The Balaban J connectivity index is 1.88. The summed E-state index contributed by atoms with van der Waals surface area (Å²) in [7, 11) is 0. The number of hydrogen-bond acceptors (Lipinski definition) is 3. The van der Waals surface area contributed by atoms with Crippen LogP contribution in [0.2, 0.25) is 0 Å². The summed E-state index contributed by atoms with van der Waals surface area (Å²) in [5.74, 6) is 0. The van der Waals surface area contributed by atoms with Crippen LogP contribution in [-0.4, -0.2) is 41.7 Å². The molecular weight excluding hydrogens is 230 g/mol. The Morgan fingerprint density at radius 1 is 1.56 bits per heavy atom. The maximum absolute atomic E-state index is 12.1. The van der Waals surface area contributed by atoms with Crippen molar-refractivity contribution in [3.05, 3.63) is 24.5 Å². The summed E-state index contributed by atoms with van der Waals surface area (Å²) in [6.07, 6.45) is 5.64. The minimum atomic E-state index is -0.0841. The van der Waals surface area contributed by atoms with Gasteiger partial charge in [0.25, 0.3) is 0 Å². The Labute approximate surface area is 107 Å². The van der Waals surface area contributed by atoms with E-state index < -0.39 is 0 Å². The molecule has 2 rings (SSSR count). The van der Waals surface area contributed by atoms with Crippen LogP contribution < -0.4 is 5.32 Å². The summed E-state index contributed by atoms with van der Waals surface area (Å²) < 4.78 is 5.55. The number of anilines is 1. The Kier molecular flexibility index (Phi) is 4.52. The molecule has 1 aromatic rings. The van der Waals surface area contributed by atoms with Gasteiger partial charge in [-0.05, 0) is 31.9 Å². The average Bonchev–Trinajstić information content (AvgIpc) is 2.90. The first-order valence-electron chi connectivity index (χ1n) is 6.37. The lowest BCUT2D eigenvalue weighted by atomic mass is 10.2. The summed E-state index contributed by atoms with van der Waals surface area (Å²) in [5, 5.41) is 2.86. The van der Waals surface area contributed by atoms with Crippen LogP contribution in [0.3, 0.4) is 0 Å². The molecule has 1 aliphatic rings. The van der Waals surface area contributed by atoms with Gasteiger partial charge in [-0.1, -0.05) is 0 Å². The highest BCUT2D eigenvalue weighted by Gasteiger charge is 2.21. The smallest absolute Gasteiger partial charge is 0.321 e. The van der Waals surface area contributed by atoms with Gasteiger partial charge in [-0.2, -0.15) is 0 Å². The zero-order valence-corrected chi connectivity index (χ0v) is 10.6. The summed E-state index contributed by atoms with van der Waals surface area (Å²) in [6, 6.07) is 3.47.